The number of nitrogens with zero attached hydrogens (tertiary/aromatic N) is 8. The standard InChI is InChI=1S/C67H44N8/c1-67-41-47(36-39-56(67)50-29-12-11-28-48(50)49-30-13-16-33-55(49)67)74-57-34-17-14-31-51(57)53-37-38-54-52-32-15-18-35-58(52)75(60(54)59(53)74)66-72-63(44-24-9-4-10-25-44)71-65(73-66)46-27-19-26-45(40-46)64-69-61(42-20-5-2-6-21-42)68-62(70-64)43-22-7-3-8-23-43/h2-41,56H,1H3. The summed E-state index contributed by atoms with van der Waals surface area (Å²) < 4.78 is 4.74. The van der Waals surface area contributed by atoms with Crippen LogP contribution in [0.25, 0.3) is 123 Å². The first-order valence-corrected chi connectivity index (χ1v) is 25.4. The number of hydrogen-bond acceptors (Lipinski definition) is 6. The van der Waals surface area contributed by atoms with Crippen LogP contribution in [0, 0.1) is 0 Å². The summed E-state index contributed by atoms with van der Waals surface area (Å²) in [7, 11) is 0. The molecule has 8 nitrogen and oxygen atoms in total. The van der Waals surface area contributed by atoms with Crippen molar-refractivity contribution in [3.05, 3.63) is 254 Å². The zero-order valence-corrected chi connectivity index (χ0v) is 40.7. The first-order valence-electron chi connectivity index (χ1n) is 25.4. The second-order valence-electron chi connectivity index (χ2n) is 19.7. The van der Waals surface area contributed by atoms with Crippen molar-refractivity contribution in [2.45, 2.75) is 18.3 Å². The second kappa shape index (κ2) is 16.8. The predicted molar refractivity (Wildman–Crippen MR) is 303 cm³/mol. The molecule has 0 amide bonds. The van der Waals surface area contributed by atoms with Crippen molar-refractivity contribution in [2.24, 2.45) is 0 Å². The van der Waals surface area contributed by atoms with Crippen molar-refractivity contribution in [3.63, 3.8) is 0 Å². The number of hydrogen-bond donors (Lipinski definition) is 0. The average molecular weight is 961 g/mol. The maximum atomic E-state index is 5.50. The Morgan fingerprint density at radius 3 is 1.41 bits per heavy atom. The Balaban J connectivity index is 0.969. The molecule has 0 saturated carbocycles. The van der Waals surface area contributed by atoms with Crippen LogP contribution >= 0.6 is 0 Å². The summed E-state index contributed by atoms with van der Waals surface area (Å²) in [5.41, 5.74) is 14.6. The van der Waals surface area contributed by atoms with Crippen LogP contribution in [0.2, 0.25) is 0 Å². The minimum atomic E-state index is -0.330. The van der Waals surface area contributed by atoms with Gasteiger partial charge < -0.3 is 4.57 Å². The highest BCUT2D eigenvalue weighted by molar-refractivity contribution is 6.24. The minimum Gasteiger partial charge on any atom is -0.307 e. The molecule has 9 aromatic carbocycles. The van der Waals surface area contributed by atoms with Gasteiger partial charge >= 0.3 is 0 Å². The van der Waals surface area contributed by atoms with E-state index in [-0.39, 0.29) is 11.3 Å². The van der Waals surface area contributed by atoms with Crippen LogP contribution in [0.15, 0.2) is 243 Å². The van der Waals surface area contributed by atoms with E-state index in [0.29, 0.717) is 35.1 Å². The predicted octanol–water partition coefficient (Wildman–Crippen LogP) is 15.7. The molecule has 0 spiro atoms. The maximum Gasteiger partial charge on any atom is 0.238 e. The Bertz CT molecular complexity index is 4440. The quantitative estimate of drug-likeness (QED) is 0.158. The number of allylic oxidation sites excluding steroid dienone is 4. The maximum absolute atomic E-state index is 5.50. The van der Waals surface area contributed by atoms with Crippen LogP contribution in [-0.4, -0.2) is 39.0 Å². The summed E-state index contributed by atoms with van der Waals surface area (Å²) in [6.45, 7) is 2.41. The molecule has 0 fully saturated rings. The third kappa shape index (κ3) is 6.76. The van der Waals surface area contributed by atoms with E-state index in [1.807, 2.05) is 97.1 Å². The lowest BCUT2D eigenvalue weighted by molar-refractivity contribution is 0.519. The van der Waals surface area contributed by atoms with Gasteiger partial charge in [-0.05, 0) is 52.6 Å². The van der Waals surface area contributed by atoms with Gasteiger partial charge in [-0.1, -0.05) is 219 Å². The van der Waals surface area contributed by atoms with Gasteiger partial charge in [0, 0.05) is 66.4 Å². The fourth-order valence-electron chi connectivity index (χ4n) is 11.9. The summed E-state index contributed by atoms with van der Waals surface area (Å²) >= 11 is 0. The van der Waals surface area contributed by atoms with E-state index in [1.54, 1.807) is 0 Å². The van der Waals surface area contributed by atoms with Gasteiger partial charge in [-0.15, -0.1) is 0 Å². The molecule has 352 valence electrons. The van der Waals surface area contributed by atoms with E-state index in [4.69, 9.17) is 29.9 Å². The second-order valence-corrected chi connectivity index (χ2v) is 19.7. The van der Waals surface area contributed by atoms with Crippen molar-refractivity contribution in [3.8, 4) is 74.0 Å². The molecule has 4 aromatic heterocycles. The van der Waals surface area contributed by atoms with Gasteiger partial charge in [-0.2, -0.15) is 9.97 Å². The molecule has 13 aromatic rings. The number of benzene rings is 9. The fourth-order valence-corrected chi connectivity index (χ4v) is 11.9. The molecular weight excluding hydrogens is 917 g/mol. The van der Waals surface area contributed by atoms with Crippen molar-refractivity contribution in [1.82, 2.24) is 39.0 Å². The van der Waals surface area contributed by atoms with Crippen molar-refractivity contribution in [1.29, 1.82) is 0 Å². The van der Waals surface area contributed by atoms with Crippen LogP contribution in [-0.2, 0) is 5.41 Å². The Labute approximate surface area is 432 Å². The fraction of sp³-hybridized carbons (Fsp3) is 0.0448. The van der Waals surface area contributed by atoms with Gasteiger partial charge in [0.25, 0.3) is 0 Å². The lowest BCUT2D eigenvalue weighted by atomic mass is 9.60. The molecule has 0 saturated heterocycles. The molecule has 15 rings (SSSR count). The van der Waals surface area contributed by atoms with Crippen molar-refractivity contribution < 1.29 is 0 Å². The number of aromatic nitrogens is 8. The van der Waals surface area contributed by atoms with Gasteiger partial charge in [-0.25, -0.2) is 19.9 Å². The van der Waals surface area contributed by atoms with Crippen LogP contribution in [0.4, 0.5) is 0 Å². The van der Waals surface area contributed by atoms with Crippen LogP contribution in [0.5, 0.6) is 0 Å². The minimum absolute atomic E-state index is 0.160. The average Bonchev–Trinajstić information content (AvgIpc) is 4.14. The molecule has 0 bridgehead atoms. The molecule has 0 radical (unpaired) electrons. The summed E-state index contributed by atoms with van der Waals surface area (Å²) in [6, 6.07) is 78.3. The number of rotatable bonds is 7. The zero-order chi connectivity index (χ0) is 49.6. The van der Waals surface area contributed by atoms with Gasteiger partial charge in [-0.3, -0.25) is 4.57 Å². The largest absolute Gasteiger partial charge is 0.307 e. The molecule has 75 heavy (non-hydrogen) atoms. The van der Waals surface area contributed by atoms with Crippen LogP contribution in [0.3, 0.4) is 0 Å². The third-order valence-electron chi connectivity index (χ3n) is 15.3. The summed E-state index contributed by atoms with van der Waals surface area (Å²) in [4.78, 5) is 31.3. The molecular formula is C67H44N8. The third-order valence-corrected chi connectivity index (χ3v) is 15.3. The Morgan fingerprint density at radius 1 is 0.373 bits per heavy atom. The molecule has 2 atom stereocenters. The van der Waals surface area contributed by atoms with E-state index in [2.05, 4.69) is 162 Å². The van der Waals surface area contributed by atoms with Gasteiger partial charge in [0.15, 0.2) is 29.1 Å². The highest BCUT2D eigenvalue weighted by atomic mass is 15.2. The molecule has 0 aliphatic heterocycles. The summed E-state index contributed by atoms with van der Waals surface area (Å²) in [6.07, 6.45) is 7.29. The first-order chi connectivity index (χ1) is 37.1. The van der Waals surface area contributed by atoms with E-state index in [9.17, 15) is 0 Å². The summed E-state index contributed by atoms with van der Waals surface area (Å²) in [5, 5.41) is 4.52. The van der Waals surface area contributed by atoms with Crippen LogP contribution < -0.4 is 0 Å². The number of fused-ring (bicyclic) bond motifs is 13. The zero-order valence-electron chi connectivity index (χ0n) is 40.7. The molecule has 2 unspecified atom stereocenters. The van der Waals surface area contributed by atoms with Crippen LogP contribution in [0.1, 0.15) is 24.0 Å². The highest BCUT2D eigenvalue weighted by Gasteiger charge is 2.42. The highest BCUT2D eigenvalue weighted by Crippen LogP contribution is 2.55. The number of para-hydroxylation sites is 2. The SMILES string of the molecule is CC12C=C(n3c4ccccc4c4ccc5c6ccccc6n(-c6nc(-c7ccccc7)nc(-c7cccc(-c8nc(-c9ccccc9)nc(-c9ccccc9)n8)c7)n6)c5c43)C=CC1c1ccccc1-c1ccccc12. The van der Waals surface area contributed by atoms with Gasteiger partial charge in [0.2, 0.25) is 5.95 Å². The Kier molecular flexibility index (Phi) is 9.59. The van der Waals surface area contributed by atoms with E-state index in [0.717, 1.165) is 71.7 Å². The smallest absolute Gasteiger partial charge is 0.238 e. The molecule has 8 heteroatoms. The lowest BCUT2D eigenvalue weighted by Crippen LogP contribution is -2.33. The van der Waals surface area contributed by atoms with Gasteiger partial charge in [0.1, 0.15) is 0 Å². The van der Waals surface area contributed by atoms with E-state index >= 15 is 0 Å². The topological polar surface area (TPSA) is 87.2 Å². The van der Waals surface area contributed by atoms with Crippen molar-refractivity contribution >= 4 is 49.3 Å². The van der Waals surface area contributed by atoms with Crippen molar-refractivity contribution in [2.75, 3.05) is 0 Å². The van der Waals surface area contributed by atoms with E-state index in [1.165, 1.54) is 27.6 Å². The lowest BCUT2D eigenvalue weighted by Gasteiger charge is -2.43. The first kappa shape index (κ1) is 42.7. The Morgan fingerprint density at radius 2 is 0.813 bits per heavy atom. The molecule has 2 aliphatic rings. The monoisotopic (exact) mass is 960 g/mol. The Hall–Kier alpha value is -9.92. The van der Waals surface area contributed by atoms with E-state index < -0.39 is 0 Å². The van der Waals surface area contributed by atoms with Gasteiger partial charge in [0.05, 0.1) is 22.1 Å². The molecule has 4 heterocycles. The normalized spacial score (nSPS) is 15.7. The molecule has 0 N–H and O–H groups in total. The summed E-state index contributed by atoms with van der Waals surface area (Å²) in [5.74, 6) is 3.49. The molecule has 2 aliphatic carbocycles.